The molecule has 0 saturated heterocycles. The highest BCUT2D eigenvalue weighted by Gasteiger charge is 2.16. The van der Waals surface area contributed by atoms with Gasteiger partial charge in [-0.25, -0.2) is 0 Å². The molecule has 0 atom stereocenters. The molecule has 0 N–H and O–H groups in total. The molecule has 1 rings (SSSR count). The van der Waals surface area contributed by atoms with Gasteiger partial charge in [-0.3, -0.25) is 4.79 Å². The molecule has 0 aromatic heterocycles. The van der Waals surface area contributed by atoms with Crippen LogP contribution in [0.2, 0.25) is 0 Å². The molecule has 1 fully saturated rings. The Labute approximate surface area is 47.5 Å². The van der Waals surface area contributed by atoms with Gasteiger partial charge in [0.25, 0.3) is 5.62 Å². The minimum Gasteiger partial charge on any atom is -0.277 e. The van der Waals surface area contributed by atoms with E-state index in [9.17, 15) is 4.79 Å². The summed E-state index contributed by atoms with van der Waals surface area (Å²) in [6.45, 7) is 0. The summed E-state index contributed by atoms with van der Waals surface area (Å²) in [7, 11) is 0. The van der Waals surface area contributed by atoms with E-state index < -0.39 is 0 Å². The molecular weight excluding hydrogens is 108 g/mol. The average molecular weight is 115 g/mol. The van der Waals surface area contributed by atoms with Gasteiger partial charge in [0.15, 0.2) is 0 Å². The third-order valence-corrected chi connectivity index (χ3v) is 2.17. The molecule has 7 heavy (non-hydrogen) atoms. The monoisotopic (exact) mass is 115 g/mol. The van der Waals surface area contributed by atoms with Crippen LogP contribution >= 0.6 is 11.8 Å². The highest BCUT2D eigenvalue weighted by molar-refractivity contribution is 8.12. The van der Waals surface area contributed by atoms with Crippen molar-refractivity contribution < 1.29 is 4.79 Å². The van der Waals surface area contributed by atoms with Crippen LogP contribution in [-0.2, 0) is 4.79 Å². The van der Waals surface area contributed by atoms with Crippen LogP contribution in [-0.4, -0.2) is 10.9 Å². The lowest BCUT2D eigenvalue weighted by Crippen LogP contribution is -2.12. The number of hydrogen-bond acceptors (Lipinski definition) is 2. The predicted octanol–water partition coefficient (Wildman–Crippen LogP) is 1.34. The molecule has 1 aliphatic carbocycles. The Morgan fingerprint density at radius 3 is 2.43 bits per heavy atom. The summed E-state index contributed by atoms with van der Waals surface area (Å²) in [5.41, 5.74) is 1.84. The second-order valence-corrected chi connectivity index (χ2v) is 2.82. The number of hydrogen-bond donors (Lipinski definition) is 0. The fraction of sp³-hybridized carbons (Fsp3) is 0.800. The van der Waals surface area contributed by atoms with Crippen molar-refractivity contribution >= 4 is 17.4 Å². The zero-order valence-corrected chi connectivity index (χ0v) is 4.83. The van der Waals surface area contributed by atoms with Crippen LogP contribution in [0.5, 0.6) is 0 Å². The van der Waals surface area contributed by atoms with Gasteiger partial charge in [-0.05, 0) is 12.8 Å². The number of rotatable bonds is 2. The fourth-order valence-corrected chi connectivity index (χ4v) is 1.26. The highest BCUT2D eigenvalue weighted by Crippen LogP contribution is 2.29. The van der Waals surface area contributed by atoms with E-state index in [-0.39, 0.29) is 0 Å². The van der Waals surface area contributed by atoms with Gasteiger partial charge in [0.05, 0.1) is 0 Å². The smallest absolute Gasteiger partial charge is 0.266 e. The van der Waals surface area contributed by atoms with Crippen molar-refractivity contribution in [1.29, 1.82) is 0 Å². The van der Waals surface area contributed by atoms with E-state index in [0.29, 0.717) is 5.25 Å². The van der Waals surface area contributed by atoms with Crippen molar-refractivity contribution in [2.45, 2.75) is 24.5 Å². The van der Waals surface area contributed by atoms with Crippen molar-refractivity contribution in [2.24, 2.45) is 0 Å². The SMILES string of the molecule is O=[C]SC1CCC1. The molecule has 1 aliphatic rings. The van der Waals surface area contributed by atoms with E-state index in [1.54, 1.807) is 0 Å². The van der Waals surface area contributed by atoms with Crippen molar-refractivity contribution in [3.63, 3.8) is 0 Å². The highest BCUT2D eigenvalue weighted by atomic mass is 32.2. The van der Waals surface area contributed by atoms with Crippen molar-refractivity contribution in [3.05, 3.63) is 0 Å². The standard InChI is InChI=1S/C5H7OS/c6-4-7-5-2-1-3-5/h5H,1-3H2. The Morgan fingerprint density at radius 1 is 1.57 bits per heavy atom. The summed E-state index contributed by atoms with van der Waals surface area (Å²) in [6, 6.07) is 0. The molecule has 0 aliphatic heterocycles. The molecular formula is C5H7OS. The van der Waals surface area contributed by atoms with Gasteiger partial charge in [-0.2, -0.15) is 0 Å². The summed E-state index contributed by atoms with van der Waals surface area (Å²) < 4.78 is 0. The molecule has 0 aromatic rings. The number of thioether (sulfide) groups is 1. The van der Waals surface area contributed by atoms with Crippen LogP contribution < -0.4 is 0 Å². The molecule has 2 heteroatoms. The molecule has 0 unspecified atom stereocenters. The largest absolute Gasteiger partial charge is 0.277 e. The first-order valence-corrected chi connectivity index (χ1v) is 3.34. The van der Waals surface area contributed by atoms with E-state index >= 15 is 0 Å². The maximum absolute atomic E-state index is 9.65. The first-order chi connectivity index (χ1) is 3.43. The quantitative estimate of drug-likeness (QED) is 0.540. The van der Waals surface area contributed by atoms with E-state index in [1.165, 1.54) is 31.0 Å². The molecule has 1 saturated carbocycles. The van der Waals surface area contributed by atoms with E-state index in [2.05, 4.69) is 0 Å². The lowest BCUT2D eigenvalue weighted by atomic mass is 10.0. The van der Waals surface area contributed by atoms with Gasteiger partial charge in [-0.1, -0.05) is 18.2 Å². The first-order valence-electron chi connectivity index (χ1n) is 2.46. The van der Waals surface area contributed by atoms with Crippen LogP contribution in [0.1, 0.15) is 19.3 Å². The summed E-state index contributed by atoms with van der Waals surface area (Å²) in [6.07, 6.45) is 3.75. The molecule has 0 heterocycles. The van der Waals surface area contributed by atoms with Crippen LogP contribution in [0.25, 0.3) is 0 Å². The van der Waals surface area contributed by atoms with Crippen LogP contribution in [0.3, 0.4) is 0 Å². The Kier molecular flexibility index (Phi) is 1.74. The van der Waals surface area contributed by atoms with Gasteiger partial charge in [0.2, 0.25) is 0 Å². The minimum atomic E-state index is 0.623. The second kappa shape index (κ2) is 2.36. The van der Waals surface area contributed by atoms with Crippen LogP contribution in [0, 0.1) is 0 Å². The van der Waals surface area contributed by atoms with E-state index in [4.69, 9.17) is 0 Å². The second-order valence-electron chi connectivity index (χ2n) is 1.75. The van der Waals surface area contributed by atoms with Crippen molar-refractivity contribution in [3.8, 4) is 0 Å². The maximum atomic E-state index is 9.65. The topological polar surface area (TPSA) is 17.1 Å². The van der Waals surface area contributed by atoms with E-state index in [1.807, 2.05) is 5.62 Å². The zero-order chi connectivity index (χ0) is 5.11. The van der Waals surface area contributed by atoms with Crippen LogP contribution in [0.4, 0.5) is 0 Å². The number of carbonyl (C=O) groups excluding carboxylic acids is 1. The normalized spacial score (nSPS) is 21.1. The lowest BCUT2D eigenvalue weighted by molar-refractivity contribution is 0.522. The molecule has 0 bridgehead atoms. The maximum Gasteiger partial charge on any atom is 0.266 e. The minimum absolute atomic E-state index is 0.623. The average Bonchev–Trinajstić information content (AvgIpc) is 1.55. The van der Waals surface area contributed by atoms with Gasteiger partial charge in [0, 0.05) is 5.25 Å². The first kappa shape index (κ1) is 5.16. The van der Waals surface area contributed by atoms with Gasteiger partial charge < -0.3 is 0 Å². The molecule has 1 radical (unpaired) electrons. The molecule has 0 spiro atoms. The third kappa shape index (κ3) is 1.20. The molecule has 0 amide bonds. The Bertz CT molecular complexity index is 68.5. The van der Waals surface area contributed by atoms with Crippen LogP contribution in [0.15, 0.2) is 0 Å². The molecule has 0 aromatic carbocycles. The summed E-state index contributed by atoms with van der Waals surface area (Å²) in [4.78, 5) is 9.65. The van der Waals surface area contributed by atoms with E-state index in [0.717, 1.165) is 0 Å². The van der Waals surface area contributed by atoms with Gasteiger partial charge in [-0.15, -0.1) is 0 Å². The predicted molar refractivity (Wildman–Crippen MR) is 30.9 cm³/mol. The zero-order valence-electron chi connectivity index (χ0n) is 4.02. The Hall–Kier alpha value is 0.0200. The van der Waals surface area contributed by atoms with Crippen molar-refractivity contribution in [1.82, 2.24) is 0 Å². The summed E-state index contributed by atoms with van der Waals surface area (Å²) in [5, 5.41) is 0.623. The Morgan fingerprint density at radius 2 is 2.29 bits per heavy atom. The van der Waals surface area contributed by atoms with Gasteiger partial charge >= 0.3 is 0 Å². The molecule has 1 nitrogen and oxygen atoms in total. The summed E-state index contributed by atoms with van der Waals surface area (Å²) in [5.74, 6) is 0. The fourth-order valence-electron chi connectivity index (χ4n) is 0.557. The molecule has 39 valence electrons. The lowest BCUT2D eigenvalue weighted by Gasteiger charge is -2.20. The van der Waals surface area contributed by atoms with Gasteiger partial charge in [0.1, 0.15) is 0 Å². The van der Waals surface area contributed by atoms with Crippen molar-refractivity contribution in [2.75, 3.05) is 0 Å². The third-order valence-electron chi connectivity index (χ3n) is 1.27. The Balaban J connectivity index is 2.03. The summed E-state index contributed by atoms with van der Waals surface area (Å²) >= 11 is 1.31.